The van der Waals surface area contributed by atoms with Crippen LogP contribution in [0, 0.1) is 5.41 Å². The maximum absolute atomic E-state index is 13.0. The number of nitrogens with zero attached hydrogens (tertiary/aromatic N) is 2. The molecule has 0 aromatic heterocycles. The van der Waals surface area contributed by atoms with Gasteiger partial charge in [-0.05, 0) is 31.7 Å². The number of ether oxygens (including phenoxy) is 2. The highest BCUT2D eigenvalue weighted by Gasteiger charge is 2.46. The molecule has 1 aromatic rings. The van der Waals surface area contributed by atoms with Crippen LogP contribution in [0.5, 0.6) is 5.75 Å². The van der Waals surface area contributed by atoms with Crippen molar-refractivity contribution in [1.29, 1.82) is 0 Å². The Morgan fingerprint density at radius 2 is 2.12 bits per heavy atom. The Balaban J connectivity index is 1.40. The minimum atomic E-state index is 0.192. The number of methoxy groups -OCH3 is 1. The van der Waals surface area contributed by atoms with Gasteiger partial charge in [0.15, 0.2) is 0 Å². The van der Waals surface area contributed by atoms with Gasteiger partial charge in [-0.1, -0.05) is 24.6 Å². The lowest BCUT2D eigenvalue weighted by Gasteiger charge is -2.44. The number of piperidine rings is 1. The third-order valence-corrected chi connectivity index (χ3v) is 6.46. The topological polar surface area (TPSA) is 42.0 Å². The average Bonchev–Trinajstić information content (AvgIpc) is 2.92. The molecule has 0 bridgehead atoms. The zero-order valence-corrected chi connectivity index (χ0v) is 15.8. The molecule has 26 heavy (non-hydrogen) atoms. The first-order valence-corrected chi connectivity index (χ1v) is 9.94. The summed E-state index contributed by atoms with van der Waals surface area (Å²) in [5, 5.41) is 0. The molecule has 1 spiro atoms. The summed E-state index contributed by atoms with van der Waals surface area (Å²) < 4.78 is 11.6. The summed E-state index contributed by atoms with van der Waals surface area (Å²) >= 11 is 0. The quantitative estimate of drug-likeness (QED) is 0.833. The predicted molar refractivity (Wildman–Crippen MR) is 100 cm³/mol. The predicted octanol–water partition coefficient (Wildman–Crippen LogP) is 2.69. The Kier molecular flexibility index (Phi) is 5.18. The van der Waals surface area contributed by atoms with Gasteiger partial charge in [-0.3, -0.25) is 9.69 Å². The van der Waals surface area contributed by atoms with Crippen LogP contribution < -0.4 is 4.74 Å². The van der Waals surface area contributed by atoms with E-state index in [9.17, 15) is 4.79 Å². The van der Waals surface area contributed by atoms with Crippen LogP contribution in [-0.4, -0.2) is 61.7 Å². The van der Waals surface area contributed by atoms with Crippen molar-refractivity contribution >= 4 is 5.91 Å². The number of carbonyl (C=O) groups excluding carboxylic acids is 1. The Hall–Kier alpha value is -1.59. The van der Waals surface area contributed by atoms with Crippen LogP contribution in [0.2, 0.25) is 0 Å². The van der Waals surface area contributed by atoms with Gasteiger partial charge >= 0.3 is 0 Å². The smallest absolute Gasteiger partial charge is 0.236 e. The molecule has 1 saturated heterocycles. The molecule has 1 amide bonds. The van der Waals surface area contributed by atoms with Gasteiger partial charge in [0.05, 0.1) is 12.6 Å². The SMILES string of the molecule is CO[C@@H]1CCC[C@@]12CCCN(C(=O)CN1CCOc3ccccc3C1)C2. The molecular weight excluding hydrogens is 328 g/mol. The molecule has 4 rings (SSSR count). The number of hydrogen-bond acceptors (Lipinski definition) is 4. The van der Waals surface area contributed by atoms with Gasteiger partial charge in [0.25, 0.3) is 0 Å². The van der Waals surface area contributed by atoms with Crippen molar-refractivity contribution in [3.63, 3.8) is 0 Å². The summed E-state index contributed by atoms with van der Waals surface area (Å²) in [6, 6.07) is 8.14. The minimum absolute atomic E-state index is 0.192. The first-order chi connectivity index (χ1) is 12.7. The van der Waals surface area contributed by atoms with Crippen LogP contribution >= 0.6 is 0 Å². The summed E-state index contributed by atoms with van der Waals surface area (Å²) in [6.45, 7) is 4.44. The fourth-order valence-electron chi connectivity index (χ4n) is 5.12. The second-order valence-corrected chi connectivity index (χ2v) is 8.06. The number of benzene rings is 1. The molecule has 3 aliphatic rings. The van der Waals surface area contributed by atoms with E-state index in [0.29, 0.717) is 19.3 Å². The monoisotopic (exact) mass is 358 g/mol. The van der Waals surface area contributed by atoms with E-state index in [2.05, 4.69) is 15.9 Å². The first-order valence-electron chi connectivity index (χ1n) is 9.94. The lowest BCUT2D eigenvalue weighted by Crippen LogP contribution is -2.52. The molecule has 1 aromatic carbocycles. The molecule has 142 valence electrons. The zero-order valence-electron chi connectivity index (χ0n) is 15.8. The maximum atomic E-state index is 13.0. The summed E-state index contributed by atoms with van der Waals surface area (Å²) in [5.41, 5.74) is 1.36. The highest BCUT2D eigenvalue weighted by atomic mass is 16.5. The molecule has 1 aliphatic carbocycles. The van der Waals surface area contributed by atoms with Crippen molar-refractivity contribution in [2.45, 2.75) is 44.8 Å². The number of rotatable bonds is 3. The second kappa shape index (κ2) is 7.57. The number of likely N-dealkylation sites (tertiary alicyclic amines) is 1. The molecule has 1 saturated carbocycles. The highest BCUT2D eigenvalue weighted by Crippen LogP contribution is 2.46. The van der Waals surface area contributed by atoms with Gasteiger partial charge in [0.1, 0.15) is 12.4 Å². The van der Waals surface area contributed by atoms with E-state index < -0.39 is 0 Å². The molecule has 5 nitrogen and oxygen atoms in total. The number of para-hydroxylation sites is 1. The first kappa shape index (κ1) is 17.8. The van der Waals surface area contributed by atoms with Crippen molar-refractivity contribution in [1.82, 2.24) is 9.80 Å². The fraction of sp³-hybridized carbons (Fsp3) is 0.667. The number of fused-ring (bicyclic) bond motifs is 1. The van der Waals surface area contributed by atoms with Gasteiger partial charge in [0, 0.05) is 44.3 Å². The van der Waals surface area contributed by atoms with Crippen LogP contribution in [0.4, 0.5) is 0 Å². The maximum Gasteiger partial charge on any atom is 0.236 e. The Labute approximate surface area is 156 Å². The molecular formula is C21H30N2O3. The number of carbonyl (C=O) groups is 1. The van der Waals surface area contributed by atoms with E-state index in [1.807, 2.05) is 25.3 Å². The largest absolute Gasteiger partial charge is 0.492 e. The summed E-state index contributed by atoms with van der Waals surface area (Å²) in [5.74, 6) is 1.21. The summed E-state index contributed by atoms with van der Waals surface area (Å²) in [7, 11) is 1.83. The Morgan fingerprint density at radius 3 is 3.00 bits per heavy atom. The van der Waals surface area contributed by atoms with E-state index in [1.165, 1.54) is 24.8 Å². The van der Waals surface area contributed by atoms with Crippen LogP contribution in [0.1, 0.15) is 37.7 Å². The Bertz CT molecular complexity index is 650. The van der Waals surface area contributed by atoms with Gasteiger partial charge in [-0.2, -0.15) is 0 Å². The van der Waals surface area contributed by atoms with Gasteiger partial charge in [0.2, 0.25) is 5.91 Å². The molecule has 0 unspecified atom stereocenters. The van der Waals surface area contributed by atoms with E-state index in [0.717, 1.165) is 44.8 Å². The van der Waals surface area contributed by atoms with Gasteiger partial charge in [-0.25, -0.2) is 0 Å². The zero-order chi connectivity index (χ0) is 18.0. The van der Waals surface area contributed by atoms with Gasteiger partial charge < -0.3 is 14.4 Å². The lowest BCUT2D eigenvalue weighted by molar-refractivity contribution is -0.138. The Morgan fingerprint density at radius 1 is 1.27 bits per heavy atom. The standard InChI is InChI=1S/C21H30N2O3/c1-25-19-8-4-9-21(19)10-5-11-23(16-21)20(24)15-22-12-13-26-18-7-3-2-6-17(18)14-22/h2-3,6-7,19H,4-5,8-16H2,1H3/t19-,21+/m1/s1. The van der Waals surface area contributed by atoms with E-state index in [1.54, 1.807) is 0 Å². The van der Waals surface area contributed by atoms with Gasteiger partial charge in [-0.15, -0.1) is 0 Å². The van der Waals surface area contributed by atoms with Crippen LogP contribution in [0.25, 0.3) is 0 Å². The molecule has 2 atom stereocenters. The van der Waals surface area contributed by atoms with Crippen LogP contribution in [0.15, 0.2) is 24.3 Å². The third kappa shape index (κ3) is 3.47. The number of amides is 1. The average molecular weight is 358 g/mol. The second-order valence-electron chi connectivity index (χ2n) is 8.06. The molecule has 2 fully saturated rings. The molecule has 2 heterocycles. The lowest BCUT2D eigenvalue weighted by atomic mass is 9.76. The third-order valence-electron chi connectivity index (χ3n) is 6.46. The number of hydrogen-bond donors (Lipinski definition) is 0. The minimum Gasteiger partial charge on any atom is -0.492 e. The summed E-state index contributed by atoms with van der Waals surface area (Å²) in [6.07, 6.45) is 6.16. The van der Waals surface area contributed by atoms with Crippen LogP contribution in [-0.2, 0) is 16.1 Å². The van der Waals surface area contributed by atoms with E-state index in [-0.39, 0.29) is 11.3 Å². The van der Waals surface area contributed by atoms with Crippen molar-refractivity contribution in [2.24, 2.45) is 5.41 Å². The van der Waals surface area contributed by atoms with Crippen molar-refractivity contribution < 1.29 is 14.3 Å². The highest BCUT2D eigenvalue weighted by molar-refractivity contribution is 5.78. The van der Waals surface area contributed by atoms with E-state index in [4.69, 9.17) is 9.47 Å². The van der Waals surface area contributed by atoms with Crippen molar-refractivity contribution in [2.75, 3.05) is 39.9 Å². The fourth-order valence-corrected chi connectivity index (χ4v) is 5.12. The molecule has 2 aliphatic heterocycles. The van der Waals surface area contributed by atoms with Crippen LogP contribution in [0.3, 0.4) is 0 Å². The summed E-state index contributed by atoms with van der Waals surface area (Å²) in [4.78, 5) is 17.3. The molecule has 0 N–H and O–H groups in total. The van der Waals surface area contributed by atoms with Crippen molar-refractivity contribution in [3.05, 3.63) is 29.8 Å². The van der Waals surface area contributed by atoms with E-state index >= 15 is 0 Å². The molecule has 5 heteroatoms. The normalized spacial score (nSPS) is 29.3. The van der Waals surface area contributed by atoms with Crippen molar-refractivity contribution in [3.8, 4) is 5.75 Å². The molecule has 0 radical (unpaired) electrons.